The lowest BCUT2D eigenvalue weighted by molar-refractivity contribution is -0.236. The fraction of sp³-hybridized carbons (Fsp3) is 0.684. The SMILES string of the molecule is CC1(C)OCC([C@H]2O[C@@H]3OC(C)(C)OC3C2OCc2ccccc2)O1. The monoisotopic (exact) mass is 350 g/mol. The van der Waals surface area contributed by atoms with E-state index in [0.717, 1.165) is 5.56 Å². The average Bonchev–Trinajstić information content (AvgIpc) is 3.15. The van der Waals surface area contributed by atoms with Crippen molar-refractivity contribution in [3.63, 3.8) is 0 Å². The van der Waals surface area contributed by atoms with E-state index in [9.17, 15) is 0 Å². The van der Waals surface area contributed by atoms with Gasteiger partial charge >= 0.3 is 0 Å². The molecule has 0 saturated carbocycles. The molecule has 4 rings (SSSR count). The number of benzene rings is 1. The fourth-order valence-electron chi connectivity index (χ4n) is 3.64. The first-order chi connectivity index (χ1) is 11.8. The Morgan fingerprint density at radius 3 is 2.40 bits per heavy atom. The molecule has 3 aliphatic heterocycles. The van der Waals surface area contributed by atoms with E-state index in [2.05, 4.69) is 0 Å². The molecule has 0 spiro atoms. The van der Waals surface area contributed by atoms with Crippen LogP contribution in [0.15, 0.2) is 30.3 Å². The molecule has 3 aliphatic rings. The molecule has 138 valence electrons. The predicted octanol–water partition coefficient (Wildman–Crippen LogP) is 2.60. The van der Waals surface area contributed by atoms with Gasteiger partial charge in [0.1, 0.15) is 24.4 Å². The first-order valence-corrected chi connectivity index (χ1v) is 8.81. The lowest BCUT2D eigenvalue weighted by Crippen LogP contribution is -2.44. The van der Waals surface area contributed by atoms with Gasteiger partial charge in [0.05, 0.1) is 13.2 Å². The zero-order valence-corrected chi connectivity index (χ0v) is 15.1. The van der Waals surface area contributed by atoms with Gasteiger partial charge in [-0.2, -0.15) is 0 Å². The molecule has 3 unspecified atom stereocenters. The van der Waals surface area contributed by atoms with Gasteiger partial charge < -0.3 is 28.4 Å². The molecular formula is C19H26O6. The zero-order chi connectivity index (χ0) is 17.7. The summed E-state index contributed by atoms with van der Waals surface area (Å²) in [5, 5.41) is 0. The molecule has 5 atom stereocenters. The van der Waals surface area contributed by atoms with E-state index in [1.165, 1.54) is 0 Å². The van der Waals surface area contributed by atoms with Crippen molar-refractivity contribution in [2.45, 2.75) is 76.6 Å². The van der Waals surface area contributed by atoms with Gasteiger partial charge in [0.2, 0.25) is 0 Å². The topological polar surface area (TPSA) is 55.4 Å². The van der Waals surface area contributed by atoms with E-state index in [-0.39, 0.29) is 24.4 Å². The second-order valence-corrected chi connectivity index (χ2v) is 7.70. The van der Waals surface area contributed by atoms with E-state index >= 15 is 0 Å². The Labute approximate surface area is 148 Å². The molecule has 0 N–H and O–H groups in total. The highest BCUT2D eigenvalue weighted by atomic mass is 16.8. The molecule has 3 saturated heterocycles. The molecule has 25 heavy (non-hydrogen) atoms. The maximum Gasteiger partial charge on any atom is 0.190 e. The minimum absolute atomic E-state index is 0.211. The van der Waals surface area contributed by atoms with Crippen LogP contribution in [-0.2, 0) is 35.0 Å². The summed E-state index contributed by atoms with van der Waals surface area (Å²) in [5.41, 5.74) is 1.10. The van der Waals surface area contributed by atoms with Gasteiger partial charge in [-0.3, -0.25) is 0 Å². The zero-order valence-electron chi connectivity index (χ0n) is 15.1. The molecule has 6 heteroatoms. The van der Waals surface area contributed by atoms with Crippen molar-refractivity contribution >= 4 is 0 Å². The first-order valence-electron chi connectivity index (χ1n) is 8.81. The molecule has 0 aliphatic carbocycles. The van der Waals surface area contributed by atoms with Crippen LogP contribution in [0.3, 0.4) is 0 Å². The third-order valence-electron chi connectivity index (χ3n) is 4.71. The van der Waals surface area contributed by atoms with Crippen LogP contribution in [0.25, 0.3) is 0 Å². The Hall–Kier alpha value is -1.02. The molecule has 6 nitrogen and oxygen atoms in total. The van der Waals surface area contributed by atoms with Gasteiger partial charge in [-0.05, 0) is 33.3 Å². The summed E-state index contributed by atoms with van der Waals surface area (Å²) in [6, 6.07) is 10.1. The molecule has 0 aromatic heterocycles. The second kappa shape index (κ2) is 6.30. The molecule has 0 amide bonds. The van der Waals surface area contributed by atoms with Crippen molar-refractivity contribution in [1.82, 2.24) is 0 Å². The lowest BCUT2D eigenvalue weighted by Gasteiger charge is -2.29. The van der Waals surface area contributed by atoms with Crippen LogP contribution in [0.5, 0.6) is 0 Å². The van der Waals surface area contributed by atoms with E-state index in [1.807, 2.05) is 58.0 Å². The van der Waals surface area contributed by atoms with Gasteiger partial charge in [-0.15, -0.1) is 0 Å². The van der Waals surface area contributed by atoms with E-state index in [0.29, 0.717) is 13.2 Å². The van der Waals surface area contributed by atoms with Crippen molar-refractivity contribution in [2.75, 3.05) is 6.61 Å². The Morgan fingerprint density at radius 2 is 1.72 bits per heavy atom. The summed E-state index contributed by atoms with van der Waals surface area (Å²) >= 11 is 0. The Balaban J connectivity index is 1.50. The lowest BCUT2D eigenvalue weighted by atomic mass is 10.1. The van der Waals surface area contributed by atoms with E-state index in [4.69, 9.17) is 28.4 Å². The van der Waals surface area contributed by atoms with Crippen LogP contribution in [-0.4, -0.2) is 48.9 Å². The van der Waals surface area contributed by atoms with Crippen LogP contribution in [0.2, 0.25) is 0 Å². The van der Waals surface area contributed by atoms with Crippen molar-refractivity contribution in [1.29, 1.82) is 0 Å². The Morgan fingerprint density at radius 1 is 0.960 bits per heavy atom. The normalized spacial score (nSPS) is 38.8. The predicted molar refractivity (Wildman–Crippen MR) is 88.6 cm³/mol. The summed E-state index contributed by atoms with van der Waals surface area (Å²) in [6.07, 6.45) is -1.52. The Bertz CT molecular complexity index is 601. The van der Waals surface area contributed by atoms with Crippen LogP contribution < -0.4 is 0 Å². The number of rotatable bonds is 4. The molecule has 3 heterocycles. The third kappa shape index (κ3) is 3.60. The summed E-state index contributed by atoms with van der Waals surface area (Å²) in [4.78, 5) is 0. The number of hydrogen-bond donors (Lipinski definition) is 0. The standard InChI is InChI=1S/C19H26O6/c1-18(2)21-11-13(23-18)14-15(20-10-12-8-6-5-7-9-12)16-17(22-14)25-19(3,4)24-16/h5-9,13-17H,10-11H2,1-4H3/t13?,14-,15?,16?,17-/m1/s1. The highest BCUT2D eigenvalue weighted by Crippen LogP contribution is 2.42. The maximum atomic E-state index is 6.22. The largest absolute Gasteiger partial charge is 0.368 e. The summed E-state index contributed by atoms with van der Waals surface area (Å²) in [5.74, 6) is -1.29. The third-order valence-corrected chi connectivity index (χ3v) is 4.71. The Kier molecular flexibility index (Phi) is 4.38. The van der Waals surface area contributed by atoms with Crippen LogP contribution >= 0.6 is 0 Å². The number of ether oxygens (including phenoxy) is 6. The van der Waals surface area contributed by atoms with Crippen LogP contribution in [0.4, 0.5) is 0 Å². The van der Waals surface area contributed by atoms with Crippen molar-refractivity contribution in [3.05, 3.63) is 35.9 Å². The van der Waals surface area contributed by atoms with Gasteiger partial charge in [0.25, 0.3) is 0 Å². The smallest absolute Gasteiger partial charge is 0.190 e. The summed E-state index contributed by atoms with van der Waals surface area (Å²) in [6.45, 7) is 8.52. The fourth-order valence-corrected chi connectivity index (χ4v) is 3.64. The molecule has 1 aromatic rings. The van der Waals surface area contributed by atoms with Crippen LogP contribution in [0, 0.1) is 0 Å². The number of hydrogen-bond acceptors (Lipinski definition) is 6. The average molecular weight is 350 g/mol. The summed E-state index contributed by atoms with van der Waals surface area (Å²) in [7, 11) is 0. The van der Waals surface area contributed by atoms with Gasteiger partial charge in [0, 0.05) is 0 Å². The maximum absolute atomic E-state index is 6.22. The van der Waals surface area contributed by atoms with Crippen molar-refractivity contribution in [3.8, 4) is 0 Å². The van der Waals surface area contributed by atoms with Crippen LogP contribution in [0.1, 0.15) is 33.3 Å². The molecular weight excluding hydrogens is 324 g/mol. The van der Waals surface area contributed by atoms with Gasteiger partial charge in [-0.1, -0.05) is 30.3 Å². The molecule has 0 bridgehead atoms. The molecule has 3 fully saturated rings. The van der Waals surface area contributed by atoms with E-state index in [1.54, 1.807) is 0 Å². The second-order valence-electron chi connectivity index (χ2n) is 7.70. The minimum Gasteiger partial charge on any atom is -0.368 e. The molecule has 1 aromatic carbocycles. The highest BCUT2D eigenvalue weighted by molar-refractivity contribution is 5.13. The first kappa shape index (κ1) is 17.4. The molecule has 0 radical (unpaired) electrons. The minimum atomic E-state index is -0.680. The summed E-state index contributed by atoms with van der Waals surface area (Å²) < 4.78 is 36.0. The quantitative estimate of drug-likeness (QED) is 0.832. The number of fused-ring (bicyclic) bond motifs is 1. The van der Waals surface area contributed by atoms with Crippen molar-refractivity contribution < 1.29 is 28.4 Å². The van der Waals surface area contributed by atoms with Gasteiger partial charge in [-0.25, -0.2) is 0 Å². The van der Waals surface area contributed by atoms with Gasteiger partial charge in [0.15, 0.2) is 17.9 Å². The van der Waals surface area contributed by atoms with E-state index < -0.39 is 17.9 Å². The highest BCUT2D eigenvalue weighted by Gasteiger charge is 2.58. The van der Waals surface area contributed by atoms with Crippen molar-refractivity contribution in [2.24, 2.45) is 0 Å².